The number of nitrogens with zero attached hydrogens (tertiary/aromatic N) is 4. The normalized spacial score (nSPS) is 19.7. The maximum atomic E-state index is 5.63. The molecule has 0 aromatic carbocycles. The van der Waals surface area contributed by atoms with Gasteiger partial charge < -0.3 is 15.4 Å². The Morgan fingerprint density at radius 3 is 2.39 bits per heavy atom. The van der Waals surface area contributed by atoms with Gasteiger partial charge in [0.25, 0.3) is 0 Å². The molecule has 1 saturated heterocycles. The number of halogens is 1. The van der Waals surface area contributed by atoms with E-state index < -0.39 is 0 Å². The Hall–Kier alpha value is -0.870. The molecule has 2 heterocycles. The first-order chi connectivity index (χ1) is 14.6. The summed E-state index contributed by atoms with van der Waals surface area (Å²) in [5.74, 6) is 0.920. The van der Waals surface area contributed by atoms with Gasteiger partial charge in [0.15, 0.2) is 5.96 Å². The molecule has 0 atom stereocenters. The monoisotopic (exact) mass is 546 g/mol. The third-order valence-corrected chi connectivity index (χ3v) is 6.82. The molecule has 1 aliphatic carbocycles. The van der Waals surface area contributed by atoms with Crippen LogP contribution in [0.1, 0.15) is 69.8 Å². The maximum absolute atomic E-state index is 5.63. The van der Waals surface area contributed by atoms with E-state index in [4.69, 9.17) is 14.8 Å². The number of hydrogen-bond donors (Lipinski definition) is 2. The van der Waals surface area contributed by atoms with Crippen molar-refractivity contribution < 1.29 is 4.74 Å². The molecule has 1 aromatic rings. The first-order valence-corrected chi connectivity index (χ1v) is 12.0. The summed E-state index contributed by atoms with van der Waals surface area (Å²) >= 11 is 0. The van der Waals surface area contributed by atoms with E-state index >= 15 is 0 Å². The van der Waals surface area contributed by atoms with Crippen molar-refractivity contribution in [1.82, 2.24) is 25.3 Å². The topological polar surface area (TPSA) is 66.7 Å². The molecule has 8 heteroatoms. The lowest BCUT2D eigenvalue weighted by Crippen LogP contribution is -2.60. The number of aliphatic imine (C=N–C) groups is 1. The molecule has 7 nitrogen and oxygen atoms in total. The van der Waals surface area contributed by atoms with E-state index in [9.17, 15) is 0 Å². The maximum Gasteiger partial charge on any atom is 0.191 e. The van der Waals surface area contributed by atoms with E-state index in [1.807, 2.05) is 11.7 Å². The van der Waals surface area contributed by atoms with Crippen LogP contribution in [-0.2, 0) is 31.2 Å². The molecule has 2 aliphatic rings. The lowest BCUT2D eigenvalue weighted by atomic mass is 9.80. The molecule has 2 N–H and O–H groups in total. The minimum atomic E-state index is 0. The summed E-state index contributed by atoms with van der Waals surface area (Å²) in [5, 5.41) is 11.9. The molecule has 178 valence electrons. The van der Waals surface area contributed by atoms with Gasteiger partial charge in [0.2, 0.25) is 0 Å². The Morgan fingerprint density at radius 2 is 1.77 bits per heavy atom. The minimum absolute atomic E-state index is 0. The molecule has 0 radical (unpaired) electrons. The first-order valence-electron chi connectivity index (χ1n) is 12.0. The number of hydrogen-bond acceptors (Lipinski definition) is 4. The van der Waals surface area contributed by atoms with Gasteiger partial charge in [-0.3, -0.25) is 9.58 Å². The van der Waals surface area contributed by atoms with Gasteiger partial charge in [0.1, 0.15) is 0 Å². The smallest absolute Gasteiger partial charge is 0.191 e. The van der Waals surface area contributed by atoms with Gasteiger partial charge in [0.05, 0.1) is 25.5 Å². The molecule has 0 amide bonds. The van der Waals surface area contributed by atoms with Gasteiger partial charge >= 0.3 is 0 Å². The molecule has 1 aromatic heterocycles. The van der Waals surface area contributed by atoms with Crippen LogP contribution >= 0.6 is 24.0 Å². The molecule has 1 saturated carbocycles. The Kier molecular flexibility index (Phi) is 11.1. The predicted octanol–water partition coefficient (Wildman–Crippen LogP) is 3.25. The number of aromatic nitrogens is 2. The second-order valence-electron chi connectivity index (χ2n) is 8.64. The van der Waals surface area contributed by atoms with E-state index in [1.165, 1.54) is 49.1 Å². The van der Waals surface area contributed by atoms with E-state index in [-0.39, 0.29) is 29.5 Å². The highest BCUT2D eigenvalue weighted by atomic mass is 127. The van der Waals surface area contributed by atoms with Crippen LogP contribution in [0.3, 0.4) is 0 Å². The van der Waals surface area contributed by atoms with Crippen molar-refractivity contribution in [2.24, 2.45) is 12.0 Å². The van der Waals surface area contributed by atoms with Crippen LogP contribution < -0.4 is 10.6 Å². The number of rotatable bonds is 8. The van der Waals surface area contributed by atoms with E-state index in [0.29, 0.717) is 6.54 Å². The fourth-order valence-corrected chi connectivity index (χ4v) is 5.17. The lowest BCUT2D eigenvalue weighted by molar-refractivity contribution is -0.0352. The van der Waals surface area contributed by atoms with Crippen molar-refractivity contribution in [3.63, 3.8) is 0 Å². The van der Waals surface area contributed by atoms with E-state index in [2.05, 4.69) is 36.3 Å². The Labute approximate surface area is 205 Å². The SMILES string of the molecule is CCNC(=NCc1c(CC)nn(C)c1CC)NCC1(N2CCOCC2)CCCCC1.I. The average Bonchev–Trinajstić information content (AvgIpc) is 3.11. The Morgan fingerprint density at radius 1 is 1.06 bits per heavy atom. The molecule has 0 bridgehead atoms. The molecule has 1 aliphatic heterocycles. The largest absolute Gasteiger partial charge is 0.379 e. The summed E-state index contributed by atoms with van der Waals surface area (Å²) in [4.78, 5) is 7.65. The third kappa shape index (κ3) is 6.57. The van der Waals surface area contributed by atoms with Crippen molar-refractivity contribution in [3.05, 3.63) is 17.0 Å². The molecule has 31 heavy (non-hydrogen) atoms. The second-order valence-corrected chi connectivity index (χ2v) is 8.64. The summed E-state index contributed by atoms with van der Waals surface area (Å²) in [6.45, 7) is 12.8. The Bertz CT molecular complexity index is 692. The molecule has 2 fully saturated rings. The lowest BCUT2D eigenvalue weighted by Gasteiger charge is -2.48. The molecular weight excluding hydrogens is 503 g/mol. The van der Waals surface area contributed by atoms with Crippen molar-refractivity contribution in [2.45, 2.75) is 77.8 Å². The van der Waals surface area contributed by atoms with Crippen LogP contribution in [0.2, 0.25) is 0 Å². The number of guanidine groups is 1. The van der Waals surface area contributed by atoms with Crippen LogP contribution in [0.25, 0.3) is 0 Å². The minimum Gasteiger partial charge on any atom is -0.379 e. The van der Waals surface area contributed by atoms with E-state index in [1.54, 1.807) is 0 Å². The summed E-state index contributed by atoms with van der Waals surface area (Å²) < 4.78 is 7.65. The van der Waals surface area contributed by atoms with Crippen LogP contribution in [0.15, 0.2) is 4.99 Å². The molecule has 0 spiro atoms. The highest BCUT2D eigenvalue weighted by Gasteiger charge is 2.38. The second kappa shape index (κ2) is 13.0. The number of ether oxygens (including phenoxy) is 1. The molecule has 3 rings (SSSR count). The zero-order valence-corrected chi connectivity index (χ0v) is 22.3. The van der Waals surface area contributed by atoms with E-state index in [0.717, 1.165) is 58.2 Å². The summed E-state index contributed by atoms with van der Waals surface area (Å²) in [5.41, 5.74) is 3.99. The van der Waals surface area contributed by atoms with Gasteiger partial charge in [0, 0.05) is 50.0 Å². The van der Waals surface area contributed by atoms with Gasteiger partial charge in [-0.05, 0) is 32.6 Å². The van der Waals surface area contributed by atoms with Crippen molar-refractivity contribution >= 4 is 29.9 Å². The van der Waals surface area contributed by atoms with Gasteiger partial charge in [-0.25, -0.2) is 4.99 Å². The van der Waals surface area contributed by atoms with Gasteiger partial charge in [-0.1, -0.05) is 33.1 Å². The van der Waals surface area contributed by atoms with Crippen LogP contribution in [0, 0.1) is 0 Å². The highest BCUT2D eigenvalue weighted by molar-refractivity contribution is 14.0. The fourth-order valence-electron chi connectivity index (χ4n) is 5.17. The average molecular weight is 547 g/mol. The van der Waals surface area contributed by atoms with Crippen LogP contribution in [0.4, 0.5) is 0 Å². The van der Waals surface area contributed by atoms with Crippen molar-refractivity contribution in [2.75, 3.05) is 39.4 Å². The summed E-state index contributed by atoms with van der Waals surface area (Å²) in [6.07, 6.45) is 8.47. The van der Waals surface area contributed by atoms with Gasteiger partial charge in [-0.15, -0.1) is 24.0 Å². The molecule has 0 unspecified atom stereocenters. The third-order valence-electron chi connectivity index (χ3n) is 6.82. The number of morpholine rings is 1. The standard InChI is InChI=1S/C23H42N6O.HI/c1-5-20-19(21(6-2)28(4)27-20)17-25-22(24-7-3)26-18-23(11-9-8-10-12-23)29-13-15-30-16-14-29;/h5-18H2,1-4H3,(H2,24,25,26);1H. The fraction of sp³-hybridized carbons (Fsp3) is 0.826. The summed E-state index contributed by atoms with van der Waals surface area (Å²) in [6, 6.07) is 0. The first kappa shape index (κ1) is 26.4. The van der Waals surface area contributed by atoms with Crippen molar-refractivity contribution in [3.8, 4) is 0 Å². The summed E-state index contributed by atoms with van der Waals surface area (Å²) in [7, 11) is 2.05. The predicted molar refractivity (Wildman–Crippen MR) is 138 cm³/mol. The van der Waals surface area contributed by atoms with Gasteiger partial charge in [-0.2, -0.15) is 5.10 Å². The Balaban J connectivity index is 0.00000341. The van der Waals surface area contributed by atoms with Crippen molar-refractivity contribution in [1.29, 1.82) is 0 Å². The molecular formula is C23H43IN6O. The quantitative estimate of drug-likeness (QED) is 0.298. The number of nitrogens with one attached hydrogen (secondary N) is 2. The highest BCUT2D eigenvalue weighted by Crippen LogP contribution is 2.33. The number of aryl methyl sites for hydroxylation is 2. The van der Waals surface area contributed by atoms with Crippen LogP contribution in [-0.4, -0.2) is 65.6 Å². The van der Waals surface area contributed by atoms with Crippen LogP contribution in [0.5, 0.6) is 0 Å². The zero-order chi connectivity index (χ0) is 21.4. The zero-order valence-electron chi connectivity index (χ0n) is 20.0.